The zero-order valence-corrected chi connectivity index (χ0v) is 15.1. The summed E-state index contributed by atoms with van der Waals surface area (Å²) in [5.74, 6) is 1.10. The Bertz CT molecular complexity index is 862. The van der Waals surface area contributed by atoms with Crippen LogP contribution in [0.1, 0.15) is 15.2 Å². The predicted molar refractivity (Wildman–Crippen MR) is 102 cm³/mol. The molecular formula is C20H19NO3S. The molecule has 1 N–H and O–H groups in total. The first-order valence-corrected chi connectivity index (χ1v) is 8.62. The van der Waals surface area contributed by atoms with E-state index >= 15 is 0 Å². The van der Waals surface area contributed by atoms with Crippen molar-refractivity contribution in [2.24, 2.45) is 0 Å². The lowest BCUT2D eigenvalue weighted by atomic mass is 10.1. The van der Waals surface area contributed by atoms with Crippen LogP contribution in [0, 0.1) is 6.92 Å². The van der Waals surface area contributed by atoms with Gasteiger partial charge in [0.2, 0.25) is 0 Å². The Labute approximate surface area is 151 Å². The van der Waals surface area contributed by atoms with E-state index in [9.17, 15) is 4.79 Å². The van der Waals surface area contributed by atoms with Crippen molar-refractivity contribution in [1.29, 1.82) is 0 Å². The summed E-state index contributed by atoms with van der Waals surface area (Å²) in [4.78, 5) is 14.2. The van der Waals surface area contributed by atoms with Gasteiger partial charge >= 0.3 is 0 Å². The Hall–Kier alpha value is -2.79. The van der Waals surface area contributed by atoms with Crippen molar-refractivity contribution in [3.8, 4) is 21.9 Å². The summed E-state index contributed by atoms with van der Waals surface area (Å²) in [6.45, 7) is 2.06. The molecule has 0 saturated carbocycles. The van der Waals surface area contributed by atoms with Gasteiger partial charge < -0.3 is 14.8 Å². The highest BCUT2D eigenvalue weighted by Crippen LogP contribution is 2.30. The number of methoxy groups -OCH3 is 2. The molecule has 0 aliphatic heterocycles. The van der Waals surface area contributed by atoms with Gasteiger partial charge in [0.05, 0.1) is 19.1 Å². The van der Waals surface area contributed by atoms with Crippen LogP contribution in [0.2, 0.25) is 0 Å². The summed E-state index contributed by atoms with van der Waals surface area (Å²) in [5.41, 5.74) is 2.95. The van der Waals surface area contributed by atoms with Crippen molar-refractivity contribution in [1.82, 2.24) is 0 Å². The molecule has 3 rings (SSSR count). The van der Waals surface area contributed by atoms with Crippen LogP contribution in [0.25, 0.3) is 10.4 Å². The van der Waals surface area contributed by atoms with Crippen molar-refractivity contribution in [3.63, 3.8) is 0 Å². The first-order chi connectivity index (χ1) is 12.1. The normalized spacial score (nSPS) is 10.4. The fraction of sp³-hybridized carbons (Fsp3) is 0.150. The van der Waals surface area contributed by atoms with E-state index in [1.165, 1.54) is 16.9 Å². The van der Waals surface area contributed by atoms with Gasteiger partial charge in [0, 0.05) is 28.8 Å². The quantitative estimate of drug-likeness (QED) is 0.703. The minimum absolute atomic E-state index is 0.154. The molecule has 25 heavy (non-hydrogen) atoms. The largest absolute Gasteiger partial charge is 0.497 e. The molecule has 0 bridgehead atoms. The van der Waals surface area contributed by atoms with Crippen LogP contribution in [0.15, 0.2) is 54.6 Å². The molecule has 128 valence electrons. The summed E-state index contributed by atoms with van der Waals surface area (Å²) in [5, 5.41) is 2.89. The monoisotopic (exact) mass is 353 g/mol. The van der Waals surface area contributed by atoms with Crippen LogP contribution in [0.5, 0.6) is 11.5 Å². The van der Waals surface area contributed by atoms with Gasteiger partial charge in [-0.1, -0.05) is 29.8 Å². The second kappa shape index (κ2) is 7.40. The molecule has 5 heteroatoms. The second-order valence-corrected chi connectivity index (χ2v) is 6.67. The Balaban J connectivity index is 1.79. The minimum atomic E-state index is -0.154. The van der Waals surface area contributed by atoms with Crippen molar-refractivity contribution >= 4 is 22.9 Å². The number of ether oxygens (including phenoxy) is 2. The molecule has 0 radical (unpaired) electrons. The van der Waals surface area contributed by atoms with E-state index in [4.69, 9.17) is 9.47 Å². The van der Waals surface area contributed by atoms with Crippen LogP contribution >= 0.6 is 11.3 Å². The molecule has 1 heterocycles. The number of hydrogen-bond acceptors (Lipinski definition) is 4. The van der Waals surface area contributed by atoms with Crippen molar-refractivity contribution in [3.05, 3.63) is 65.0 Å². The van der Waals surface area contributed by atoms with Gasteiger partial charge in [0.15, 0.2) is 0 Å². The SMILES string of the molecule is COc1cc(NC(=O)c2ccc(-c3ccc(C)cc3)s2)cc(OC)c1. The maximum Gasteiger partial charge on any atom is 0.265 e. The summed E-state index contributed by atoms with van der Waals surface area (Å²) >= 11 is 1.46. The van der Waals surface area contributed by atoms with Crippen molar-refractivity contribution in [2.45, 2.75) is 6.92 Å². The molecule has 3 aromatic rings. The second-order valence-electron chi connectivity index (χ2n) is 5.59. The Kier molecular flexibility index (Phi) is 5.05. The van der Waals surface area contributed by atoms with Crippen LogP contribution in [0.3, 0.4) is 0 Å². The van der Waals surface area contributed by atoms with Gasteiger partial charge in [-0.25, -0.2) is 0 Å². The summed E-state index contributed by atoms with van der Waals surface area (Å²) in [6.07, 6.45) is 0. The van der Waals surface area contributed by atoms with Crippen molar-refractivity contribution < 1.29 is 14.3 Å². The van der Waals surface area contributed by atoms with Crippen LogP contribution in [-0.2, 0) is 0 Å². The Morgan fingerprint density at radius 3 is 2.16 bits per heavy atom. The van der Waals surface area contributed by atoms with E-state index in [1.807, 2.05) is 12.1 Å². The van der Waals surface area contributed by atoms with Gasteiger partial charge in [0.25, 0.3) is 5.91 Å². The van der Waals surface area contributed by atoms with Gasteiger partial charge in [-0.3, -0.25) is 4.79 Å². The third-order valence-corrected chi connectivity index (χ3v) is 4.91. The summed E-state index contributed by atoms with van der Waals surface area (Å²) < 4.78 is 10.5. The fourth-order valence-electron chi connectivity index (χ4n) is 2.41. The molecular weight excluding hydrogens is 334 g/mol. The van der Waals surface area contributed by atoms with Gasteiger partial charge in [0.1, 0.15) is 11.5 Å². The number of anilines is 1. The van der Waals surface area contributed by atoms with Gasteiger partial charge in [-0.2, -0.15) is 0 Å². The molecule has 1 aromatic heterocycles. The molecule has 1 amide bonds. The Morgan fingerprint density at radius 2 is 1.56 bits per heavy atom. The van der Waals surface area contributed by atoms with E-state index in [0.29, 0.717) is 22.1 Å². The molecule has 0 aliphatic rings. The standard InChI is InChI=1S/C20H19NO3S/c1-13-4-6-14(7-5-13)18-8-9-19(25-18)20(22)21-15-10-16(23-2)12-17(11-15)24-3/h4-12H,1-3H3,(H,21,22). The molecule has 0 unspecified atom stereocenters. The number of benzene rings is 2. The molecule has 0 fully saturated rings. The average molecular weight is 353 g/mol. The van der Waals surface area contributed by atoms with Gasteiger partial charge in [-0.05, 0) is 24.6 Å². The highest BCUT2D eigenvalue weighted by atomic mass is 32.1. The van der Waals surface area contributed by atoms with E-state index < -0.39 is 0 Å². The van der Waals surface area contributed by atoms with Crippen LogP contribution < -0.4 is 14.8 Å². The maximum atomic E-state index is 12.5. The Morgan fingerprint density at radius 1 is 0.920 bits per heavy atom. The van der Waals surface area contributed by atoms with Crippen LogP contribution in [-0.4, -0.2) is 20.1 Å². The van der Waals surface area contributed by atoms with Crippen LogP contribution in [0.4, 0.5) is 5.69 Å². The number of carbonyl (C=O) groups excluding carboxylic acids is 1. The lowest BCUT2D eigenvalue weighted by molar-refractivity contribution is 0.103. The number of amides is 1. The minimum Gasteiger partial charge on any atom is -0.497 e. The molecule has 0 atom stereocenters. The summed E-state index contributed by atoms with van der Waals surface area (Å²) in [6, 6.07) is 17.4. The van der Waals surface area contributed by atoms with E-state index in [2.05, 4.69) is 36.5 Å². The first kappa shape index (κ1) is 17.0. The average Bonchev–Trinajstić information content (AvgIpc) is 3.12. The van der Waals surface area contributed by atoms with E-state index in [-0.39, 0.29) is 5.91 Å². The number of aryl methyl sites for hydroxylation is 1. The molecule has 2 aromatic carbocycles. The van der Waals surface area contributed by atoms with E-state index in [0.717, 1.165) is 10.4 Å². The molecule has 0 aliphatic carbocycles. The number of thiophene rings is 1. The smallest absolute Gasteiger partial charge is 0.265 e. The molecule has 0 saturated heterocycles. The first-order valence-electron chi connectivity index (χ1n) is 7.80. The zero-order valence-electron chi connectivity index (χ0n) is 14.3. The highest BCUT2D eigenvalue weighted by molar-refractivity contribution is 7.17. The maximum absolute atomic E-state index is 12.5. The lowest BCUT2D eigenvalue weighted by Gasteiger charge is -2.09. The topological polar surface area (TPSA) is 47.6 Å². The number of hydrogen-bond donors (Lipinski definition) is 1. The number of nitrogens with one attached hydrogen (secondary N) is 1. The third kappa shape index (κ3) is 4.00. The number of rotatable bonds is 5. The molecule has 4 nitrogen and oxygen atoms in total. The van der Waals surface area contributed by atoms with Crippen molar-refractivity contribution in [2.75, 3.05) is 19.5 Å². The predicted octanol–water partition coefficient (Wildman–Crippen LogP) is 4.99. The zero-order chi connectivity index (χ0) is 17.8. The fourth-order valence-corrected chi connectivity index (χ4v) is 3.31. The van der Waals surface area contributed by atoms with E-state index in [1.54, 1.807) is 32.4 Å². The lowest BCUT2D eigenvalue weighted by Crippen LogP contribution is -2.10. The van der Waals surface area contributed by atoms with Gasteiger partial charge in [-0.15, -0.1) is 11.3 Å². The highest BCUT2D eigenvalue weighted by Gasteiger charge is 2.12. The summed E-state index contributed by atoms with van der Waals surface area (Å²) in [7, 11) is 3.15. The third-order valence-electron chi connectivity index (χ3n) is 3.78. The number of carbonyl (C=O) groups is 1. The molecule has 0 spiro atoms.